The molecule has 1 aliphatic heterocycles. The first-order chi connectivity index (χ1) is 5.08. The van der Waals surface area contributed by atoms with Crippen LogP contribution in [0.25, 0.3) is 0 Å². The van der Waals surface area contributed by atoms with Crippen LogP contribution in [-0.2, 0) is 16.5 Å². The summed E-state index contributed by atoms with van der Waals surface area (Å²) in [5, 5.41) is 0. The largest absolute Gasteiger partial charge is 0.379 e. The lowest BCUT2D eigenvalue weighted by Gasteiger charge is -2.26. The molecular formula is C4H10NO3PS2. The van der Waals surface area contributed by atoms with Crippen LogP contribution in [0.4, 0.5) is 0 Å². The smallest absolute Gasteiger partial charge is 0.257 e. The summed E-state index contributed by atoms with van der Waals surface area (Å²) in [5.41, 5.74) is -3.11. The van der Waals surface area contributed by atoms with Gasteiger partial charge in [-0.15, -0.1) is 0 Å². The quantitative estimate of drug-likeness (QED) is 0.506. The molecule has 0 saturated carbocycles. The van der Waals surface area contributed by atoms with Crippen molar-refractivity contribution >= 4 is 29.1 Å². The molecule has 1 saturated heterocycles. The van der Waals surface area contributed by atoms with E-state index in [1.165, 1.54) is 0 Å². The maximum atomic E-state index is 8.93. The van der Waals surface area contributed by atoms with Crippen molar-refractivity contribution in [3.05, 3.63) is 0 Å². The fourth-order valence-electron chi connectivity index (χ4n) is 0.779. The molecule has 1 heterocycles. The molecule has 1 aliphatic rings. The van der Waals surface area contributed by atoms with Crippen LogP contribution in [0.1, 0.15) is 0 Å². The van der Waals surface area contributed by atoms with Crippen molar-refractivity contribution < 1.29 is 14.5 Å². The first-order valence-corrected chi connectivity index (χ1v) is 7.24. The van der Waals surface area contributed by atoms with Crippen LogP contribution in [-0.4, -0.2) is 40.4 Å². The Morgan fingerprint density at radius 1 is 1.36 bits per heavy atom. The Kier molecular flexibility index (Phi) is 3.77. The van der Waals surface area contributed by atoms with Gasteiger partial charge in [0, 0.05) is 24.7 Å². The van der Waals surface area contributed by atoms with Crippen molar-refractivity contribution in [3.8, 4) is 0 Å². The van der Waals surface area contributed by atoms with Crippen LogP contribution in [0.15, 0.2) is 0 Å². The zero-order valence-corrected chi connectivity index (χ0v) is 8.37. The zero-order chi connectivity index (χ0) is 8.32. The summed E-state index contributed by atoms with van der Waals surface area (Å²) in [6, 6.07) is 0. The number of ether oxygens (including phenoxy) is 1. The van der Waals surface area contributed by atoms with Gasteiger partial charge < -0.3 is 14.5 Å². The molecular weight excluding hydrogens is 205 g/mol. The Balaban J connectivity index is 2.30. The first kappa shape index (κ1) is 9.92. The molecule has 0 aromatic carbocycles. The van der Waals surface area contributed by atoms with Gasteiger partial charge in [0.05, 0.1) is 13.2 Å². The highest BCUT2D eigenvalue weighted by atomic mass is 32.9. The fraction of sp³-hybridized carbons (Fsp3) is 1.00. The summed E-state index contributed by atoms with van der Waals surface area (Å²) in [6.07, 6.45) is 0. The number of morpholine rings is 1. The molecule has 0 radical (unpaired) electrons. The van der Waals surface area contributed by atoms with E-state index in [-0.39, 0.29) is 0 Å². The molecule has 0 aliphatic carbocycles. The lowest BCUT2D eigenvalue weighted by molar-refractivity contribution is 0.0777. The molecule has 0 spiro atoms. The van der Waals surface area contributed by atoms with Crippen LogP contribution in [0.2, 0.25) is 0 Å². The standard InChI is InChI=1S/C4H10NO3PS2/c6-9(7,10)11-5-1-3-8-4-2-5/h1-4H2,(H2,6,7,10). The minimum atomic E-state index is -3.11. The molecule has 7 heteroatoms. The topological polar surface area (TPSA) is 52.9 Å². The number of hydrogen-bond acceptors (Lipinski definition) is 4. The van der Waals surface area contributed by atoms with Crippen LogP contribution >= 0.6 is 17.3 Å². The van der Waals surface area contributed by atoms with Gasteiger partial charge in [0.1, 0.15) is 0 Å². The van der Waals surface area contributed by atoms with Crippen molar-refractivity contribution in [3.63, 3.8) is 0 Å². The van der Waals surface area contributed by atoms with E-state index in [2.05, 4.69) is 11.8 Å². The van der Waals surface area contributed by atoms with Crippen molar-refractivity contribution in [2.75, 3.05) is 26.3 Å². The lowest BCUT2D eigenvalue weighted by atomic mass is 10.5. The maximum absolute atomic E-state index is 8.93. The van der Waals surface area contributed by atoms with Gasteiger partial charge in [-0.25, -0.2) is 4.31 Å². The molecule has 0 unspecified atom stereocenters. The summed E-state index contributed by atoms with van der Waals surface area (Å²) in [5.74, 6) is 0. The van der Waals surface area contributed by atoms with E-state index in [9.17, 15) is 0 Å². The Hall–Kier alpha value is 0.840. The Bertz CT molecular complexity index is 167. The SMILES string of the molecule is OP(O)(=S)SN1CCOCC1. The van der Waals surface area contributed by atoms with Crippen molar-refractivity contribution in [2.24, 2.45) is 0 Å². The Labute approximate surface area is 74.6 Å². The summed E-state index contributed by atoms with van der Waals surface area (Å²) >= 11 is 5.44. The molecule has 0 amide bonds. The predicted molar refractivity (Wildman–Crippen MR) is 48.7 cm³/mol. The third-order valence-corrected chi connectivity index (χ3v) is 3.93. The van der Waals surface area contributed by atoms with Crippen LogP contribution in [0.5, 0.6) is 0 Å². The minimum Gasteiger partial charge on any atom is -0.379 e. The second-order valence-electron chi connectivity index (χ2n) is 2.11. The van der Waals surface area contributed by atoms with E-state index < -0.39 is 5.69 Å². The Morgan fingerprint density at radius 3 is 2.36 bits per heavy atom. The molecule has 0 atom stereocenters. The van der Waals surface area contributed by atoms with Gasteiger partial charge in [0.2, 0.25) is 0 Å². The van der Waals surface area contributed by atoms with Gasteiger partial charge >= 0.3 is 0 Å². The highest BCUT2D eigenvalue weighted by Gasteiger charge is 2.18. The molecule has 1 rings (SSSR count). The molecule has 11 heavy (non-hydrogen) atoms. The zero-order valence-electron chi connectivity index (χ0n) is 5.84. The van der Waals surface area contributed by atoms with Gasteiger partial charge in [0.25, 0.3) is 5.69 Å². The molecule has 4 nitrogen and oxygen atoms in total. The normalized spacial score (nSPS) is 22.0. The van der Waals surface area contributed by atoms with Crippen molar-refractivity contribution in [1.29, 1.82) is 0 Å². The van der Waals surface area contributed by atoms with Gasteiger partial charge in [-0.2, -0.15) is 0 Å². The molecule has 0 aromatic rings. The van der Waals surface area contributed by atoms with Gasteiger partial charge in [-0.05, 0) is 11.8 Å². The lowest BCUT2D eigenvalue weighted by Crippen LogP contribution is -2.30. The monoisotopic (exact) mass is 215 g/mol. The number of nitrogens with zero attached hydrogens (tertiary/aromatic N) is 1. The second kappa shape index (κ2) is 4.18. The van der Waals surface area contributed by atoms with E-state index in [0.717, 1.165) is 11.6 Å². The summed E-state index contributed by atoms with van der Waals surface area (Å²) in [6.45, 7) is 2.71. The first-order valence-electron chi connectivity index (χ1n) is 3.16. The van der Waals surface area contributed by atoms with E-state index >= 15 is 0 Å². The molecule has 1 fully saturated rings. The number of rotatable bonds is 2. The summed E-state index contributed by atoms with van der Waals surface area (Å²) < 4.78 is 6.91. The van der Waals surface area contributed by atoms with E-state index in [1.54, 1.807) is 0 Å². The van der Waals surface area contributed by atoms with E-state index in [1.807, 2.05) is 4.31 Å². The fourth-order valence-corrected chi connectivity index (χ4v) is 3.63. The van der Waals surface area contributed by atoms with Crippen LogP contribution < -0.4 is 0 Å². The van der Waals surface area contributed by atoms with Gasteiger partial charge in [-0.3, -0.25) is 0 Å². The van der Waals surface area contributed by atoms with Crippen molar-refractivity contribution in [2.45, 2.75) is 0 Å². The highest BCUT2D eigenvalue weighted by molar-refractivity contribution is 8.66. The molecule has 0 bridgehead atoms. The average Bonchev–Trinajstić information content (AvgIpc) is 1.85. The van der Waals surface area contributed by atoms with Crippen LogP contribution in [0.3, 0.4) is 0 Å². The molecule has 66 valence electrons. The van der Waals surface area contributed by atoms with Crippen LogP contribution in [0, 0.1) is 0 Å². The third-order valence-electron chi connectivity index (χ3n) is 1.19. The maximum Gasteiger partial charge on any atom is 0.257 e. The molecule has 2 N–H and O–H groups in total. The third kappa shape index (κ3) is 4.42. The highest BCUT2D eigenvalue weighted by Crippen LogP contribution is 2.52. The average molecular weight is 215 g/mol. The summed E-state index contributed by atoms with van der Waals surface area (Å²) in [4.78, 5) is 17.9. The van der Waals surface area contributed by atoms with E-state index in [0.29, 0.717) is 26.3 Å². The number of hydrogen-bond donors (Lipinski definition) is 2. The predicted octanol–water partition coefficient (Wildman–Crippen LogP) is 0.176. The second-order valence-corrected chi connectivity index (χ2v) is 8.01. The minimum absolute atomic E-state index is 0.641. The van der Waals surface area contributed by atoms with Crippen molar-refractivity contribution in [1.82, 2.24) is 4.31 Å². The summed E-state index contributed by atoms with van der Waals surface area (Å²) in [7, 11) is 0. The van der Waals surface area contributed by atoms with E-state index in [4.69, 9.17) is 14.5 Å². The van der Waals surface area contributed by atoms with Gasteiger partial charge in [-0.1, -0.05) is 0 Å². The Morgan fingerprint density at radius 2 is 1.91 bits per heavy atom. The molecule has 0 aromatic heterocycles. The van der Waals surface area contributed by atoms with Gasteiger partial charge in [0.15, 0.2) is 0 Å².